The molecule has 2 atom stereocenters. The molecule has 0 spiro atoms. The predicted molar refractivity (Wildman–Crippen MR) is 112 cm³/mol. The fraction of sp³-hybridized carbons (Fsp3) is 0.333. The molecule has 1 aromatic heterocycles. The first-order chi connectivity index (χ1) is 14.1. The van der Waals surface area contributed by atoms with E-state index in [2.05, 4.69) is 10.6 Å². The van der Waals surface area contributed by atoms with Gasteiger partial charge in [-0.3, -0.25) is 0 Å². The SMILES string of the molecule is COCC[NH+](Cc1cccn1Cc1cccc(F)c1)C[C@@H](O)Cc1ccccc1. The molecule has 1 heterocycles. The van der Waals surface area contributed by atoms with E-state index in [4.69, 9.17) is 4.74 Å². The third kappa shape index (κ3) is 6.82. The monoisotopic (exact) mass is 397 g/mol. The van der Waals surface area contributed by atoms with Crippen molar-refractivity contribution in [3.8, 4) is 0 Å². The average molecular weight is 398 g/mol. The summed E-state index contributed by atoms with van der Waals surface area (Å²) < 4.78 is 20.9. The Hall–Kier alpha value is -2.47. The average Bonchev–Trinajstić information content (AvgIpc) is 3.13. The smallest absolute Gasteiger partial charge is 0.123 e. The highest BCUT2D eigenvalue weighted by atomic mass is 19.1. The van der Waals surface area contributed by atoms with Gasteiger partial charge in [-0.25, -0.2) is 4.39 Å². The van der Waals surface area contributed by atoms with Gasteiger partial charge in [-0.1, -0.05) is 42.5 Å². The molecule has 5 heteroatoms. The van der Waals surface area contributed by atoms with Crippen LogP contribution in [0.3, 0.4) is 0 Å². The maximum absolute atomic E-state index is 13.5. The quantitative estimate of drug-likeness (QED) is 0.521. The maximum Gasteiger partial charge on any atom is 0.123 e. The molecular weight excluding hydrogens is 367 g/mol. The zero-order valence-corrected chi connectivity index (χ0v) is 16.9. The van der Waals surface area contributed by atoms with Gasteiger partial charge in [-0.15, -0.1) is 0 Å². The summed E-state index contributed by atoms with van der Waals surface area (Å²) in [6, 6.07) is 20.9. The van der Waals surface area contributed by atoms with Gasteiger partial charge in [0.25, 0.3) is 0 Å². The lowest BCUT2D eigenvalue weighted by Crippen LogP contribution is -3.12. The Morgan fingerprint density at radius 1 is 1.03 bits per heavy atom. The molecule has 0 aliphatic heterocycles. The van der Waals surface area contributed by atoms with Crippen LogP contribution in [0.1, 0.15) is 16.8 Å². The van der Waals surface area contributed by atoms with Gasteiger partial charge < -0.3 is 19.3 Å². The summed E-state index contributed by atoms with van der Waals surface area (Å²) in [5.41, 5.74) is 3.23. The van der Waals surface area contributed by atoms with Crippen LogP contribution in [-0.4, -0.2) is 42.6 Å². The molecule has 4 nitrogen and oxygen atoms in total. The number of nitrogens with one attached hydrogen (secondary N) is 1. The van der Waals surface area contributed by atoms with E-state index >= 15 is 0 Å². The van der Waals surface area contributed by atoms with Crippen molar-refractivity contribution in [2.45, 2.75) is 25.6 Å². The highest BCUT2D eigenvalue weighted by molar-refractivity contribution is 5.19. The standard InChI is InChI=1S/C24H29FN2O2/c1-29-14-13-26(19-24(28)16-20-7-3-2-4-8-20)18-23-11-6-12-27(23)17-21-9-5-10-22(25)15-21/h2-12,15,24,28H,13-14,16-19H2,1H3/p+1/t24-/m0/s1. The number of benzene rings is 2. The summed E-state index contributed by atoms with van der Waals surface area (Å²) in [6.07, 6.45) is 2.24. The lowest BCUT2D eigenvalue weighted by Gasteiger charge is -2.23. The molecule has 3 aromatic rings. The Bertz CT molecular complexity index is 866. The van der Waals surface area contributed by atoms with Gasteiger partial charge in [0.1, 0.15) is 31.6 Å². The predicted octanol–water partition coefficient (Wildman–Crippen LogP) is 2.31. The van der Waals surface area contributed by atoms with E-state index < -0.39 is 6.10 Å². The molecule has 29 heavy (non-hydrogen) atoms. The Morgan fingerprint density at radius 3 is 2.59 bits per heavy atom. The number of aromatic nitrogens is 1. The fourth-order valence-electron chi connectivity index (χ4n) is 3.65. The minimum Gasteiger partial charge on any atom is -0.387 e. The van der Waals surface area contributed by atoms with Gasteiger partial charge in [0.15, 0.2) is 0 Å². The van der Waals surface area contributed by atoms with Crippen molar-refractivity contribution in [3.05, 3.63) is 95.6 Å². The second kappa shape index (κ2) is 10.9. The van der Waals surface area contributed by atoms with Crippen LogP contribution < -0.4 is 4.90 Å². The Balaban J connectivity index is 1.64. The van der Waals surface area contributed by atoms with Crippen molar-refractivity contribution >= 4 is 0 Å². The molecule has 1 unspecified atom stereocenters. The van der Waals surface area contributed by atoms with Crippen LogP contribution >= 0.6 is 0 Å². The third-order valence-electron chi connectivity index (χ3n) is 5.09. The molecule has 0 bridgehead atoms. The van der Waals surface area contributed by atoms with Gasteiger partial charge in [-0.2, -0.15) is 0 Å². The van der Waals surface area contributed by atoms with Gasteiger partial charge in [-0.05, 0) is 35.4 Å². The third-order valence-corrected chi connectivity index (χ3v) is 5.09. The summed E-state index contributed by atoms with van der Waals surface area (Å²) in [5.74, 6) is -0.215. The minimum absolute atomic E-state index is 0.215. The van der Waals surface area contributed by atoms with E-state index in [-0.39, 0.29) is 5.82 Å². The van der Waals surface area contributed by atoms with Crippen molar-refractivity contribution in [2.24, 2.45) is 0 Å². The van der Waals surface area contributed by atoms with Gasteiger partial charge in [0, 0.05) is 26.3 Å². The van der Waals surface area contributed by atoms with Crippen molar-refractivity contribution in [2.75, 3.05) is 26.8 Å². The molecule has 0 aliphatic rings. The zero-order chi connectivity index (χ0) is 20.5. The number of hydrogen-bond acceptors (Lipinski definition) is 2. The van der Waals surface area contributed by atoms with Crippen LogP contribution in [0.25, 0.3) is 0 Å². The van der Waals surface area contributed by atoms with E-state index in [9.17, 15) is 9.50 Å². The van der Waals surface area contributed by atoms with Crippen LogP contribution in [-0.2, 0) is 24.2 Å². The topological polar surface area (TPSA) is 38.8 Å². The van der Waals surface area contributed by atoms with E-state index in [1.807, 2.05) is 48.7 Å². The van der Waals surface area contributed by atoms with Crippen LogP contribution in [0.2, 0.25) is 0 Å². The lowest BCUT2D eigenvalue weighted by atomic mass is 10.1. The van der Waals surface area contributed by atoms with Crippen LogP contribution in [0.5, 0.6) is 0 Å². The molecule has 0 fully saturated rings. The van der Waals surface area contributed by atoms with Crippen LogP contribution in [0.15, 0.2) is 72.9 Å². The Labute approximate surface area is 172 Å². The van der Waals surface area contributed by atoms with Crippen molar-refractivity contribution in [1.29, 1.82) is 0 Å². The first-order valence-corrected chi connectivity index (χ1v) is 10.1. The fourth-order valence-corrected chi connectivity index (χ4v) is 3.65. The lowest BCUT2D eigenvalue weighted by molar-refractivity contribution is -0.917. The van der Waals surface area contributed by atoms with Gasteiger partial charge in [0.2, 0.25) is 0 Å². The van der Waals surface area contributed by atoms with E-state index in [1.54, 1.807) is 19.2 Å². The highest BCUT2D eigenvalue weighted by Crippen LogP contribution is 2.09. The van der Waals surface area contributed by atoms with Crippen LogP contribution in [0.4, 0.5) is 4.39 Å². The molecule has 0 saturated carbocycles. The second-order valence-corrected chi connectivity index (χ2v) is 7.47. The number of rotatable bonds is 11. The first kappa shape index (κ1) is 21.2. The summed E-state index contributed by atoms with van der Waals surface area (Å²) in [6.45, 7) is 3.50. The number of nitrogens with zero attached hydrogens (tertiary/aromatic N) is 1. The largest absolute Gasteiger partial charge is 0.387 e. The molecule has 0 saturated heterocycles. The Morgan fingerprint density at radius 2 is 1.83 bits per heavy atom. The molecule has 2 aromatic carbocycles. The zero-order valence-electron chi connectivity index (χ0n) is 16.9. The molecular formula is C24H30FN2O2+. The number of halogens is 1. The molecule has 2 N–H and O–H groups in total. The summed E-state index contributed by atoms with van der Waals surface area (Å²) in [5, 5.41) is 10.6. The van der Waals surface area contributed by atoms with Gasteiger partial charge in [0.05, 0.1) is 12.3 Å². The summed E-state index contributed by atoms with van der Waals surface area (Å²) in [7, 11) is 1.70. The molecule has 0 aliphatic carbocycles. The molecule has 0 amide bonds. The molecule has 154 valence electrons. The van der Waals surface area contributed by atoms with Crippen LogP contribution in [0, 0.1) is 5.82 Å². The summed E-state index contributed by atoms with van der Waals surface area (Å²) in [4.78, 5) is 1.26. The first-order valence-electron chi connectivity index (χ1n) is 10.1. The number of methoxy groups -OCH3 is 1. The number of quaternary nitrogens is 1. The number of hydrogen-bond donors (Lipinski definition) is 2. The van der Waals surface area contributed by atoms with Crippen molar-refractivity contribution < 1.29 is 19.1 Å². The summed E-state index contributed by atoms with van der Waals surface area (Å²) >= 11 is 0. The minimum atomic E-state index is -0.420. The van der Waals surface area contributed by atoms with Crippen molar-refractivity contribution in [1.82, 2.24) is 4.57 Å². The van der Waals surface area contributed by atoms with Gasteiger partial charge >= 0.3 is 0 Å². The van der Waals surface area contributed by atoms with E-state index in [0.29, 0.717) is 26.1 Å². The highest BCUT2D eigenvalue weighted by Gasteiger charge is 2.18. The molecule has 0 radical (unpaired) electrons. The van der Waals surface area contributed by atoms with E-state index in [1.165, 1.54) is 11.0 Å². The maximum atomic E-state index is 13.5. The number of ether oxygens (including phenoxy) is 1. The normalized spacial score (nSPS) is 13.3. The Kier molecular flexibility index (Phi) is 7.99. The van der Waals surface area contributed by atoms with Crippen molar-refractivity contribution in [3.63, 3.8) is 0 Å². The van der Waals surface area contributed by atoms with E-state index in [0.717, 1.165) is 29.9 Å². The second-order valence-electron chi connectivity index (χ2n) is 7.47. The molecule has 3 rings (SSSR count). The number of aliphatic hydroxyl groups excluding tert-OH is 1. The number of aliphatic hydroxyl groups is 1.